The van der Waals surface area contributed by atoms with Gasteiger partial charge in [-0.1, -0.05) is 29.8 Å². The van der Waals surface area contributed by atoms with E-state index in [0.29, 0.717) is 27.2 Å². The van der Waals surface area contributed by atoms with Crippen molar-refractivity contribution in [2.45, 2.75) is 9.79 Å². The van der Waals surface area contributed by atoms with E-state index >= 15 is 0 Å². The summed E-state index contributed by atoms with van der Waals surface area (Å²) >= 11 is 6.11. The molecule has 4 rings (SSSR count). The molecule has 0 radical (unpaired) electrons. The SMILES string of the molecule is COc1cccc(S(=O)(=O)c2cc3cc(F)ccc3nc2-c2cccc(Cl)c2)c1. The summed E-state index contributed by atoms with van der Waals surface area (Å²) in [7, 11) is -2.51. The van der Waals surface area contributed by atoms with E-state index in [9.17, 15) is 12.8 Å². The van der Waals surface area contributed by atoms with Gasteiger partial charge >= 0.3 is 0 Å². The van der Waals surface area contributed by atoms with Crippen molar-refractivity contribution in [1.82, 2.24) is 4.98 Å². The van der Waals surface area contributed by atoms with Crippen molar-refractivity contribution < 1.29 is 17.5 Å². The number of nitrogens with zero attached hydrogens (tertiary/aromatic N) is 1. The zero-order valence-electron chi connectivity index (χ0n) is 15.3. The number of ether oxygens (including phenoxy) is 1. The first-order chi connectivity index (χ1) is 13.9. The van der Waals surface area contributed by atoms with Crippen LogP contribution in [0.15, 0.2) is 82.6 Å². The molecule has 3 aromatic carbocycles. The Balaban J connectivity index is 2.04. The molecule has 0 bridgehead atoms. The highest BCUT2D eigenvalue weighted by Crippen LogP contribution is 2.34. The van der Waals surface area contributed by atoms with Gasteiger partial charge in [-0.3, -0.25) is 0 Å². The lowest BCUT2D eigenvalue weighted by atomic mass is 10.1. The van der Waals surface area contributed by atoms with E-state index in [1.54, 1.807) is 36.4 Å². The number of rotatable bonds is 4. The van der Waals surface area contributed by atoms with Crippen LogP contribution >= 0.6 is 11.6 Å². The summed E-state index contributed by atoms with van der Waals surface area (Å²) in [6.45, 7) is 0. The van der Waals surface area contributed by atoms with Crippen LogP contribution in [0.3, 0.4) is 0 Å². The van der Waals surface area contributed by atoms with Gasteiger partial charge < -0.3 is 4.74 Å². The maximum Gasteiger partial charge on any atom is 0.208 e. The maximum absolute atomic E-state index is 13.8. The molecule has 0 amide bonds. The van der Waals surface area contributed by atoms with Crippen LogP contribution in [-0.2, 0) is 9.84 Å². The number of pyridine rings is 1. The average Bonchev–Trinajstić information content (AvgIpc) is 2.72. The minimum atomic E-state index is -3.98. The Hall–Kier alpha value is -2.96. The Morgan fingerprint density at radius 2 is 1.76 bits per heavy atom. The van der Waals surface area contributed by atoms with Crippen LogP contribution < -0.4 is 4.74 Å². The molecule has 0 unspecified atom stereocenters. The van der Waals surface area contributed by atoms with Crippen LogP contribution in [0.1, 0.15) is 0 Å². The number of sulfone groups is 1. The van der Waals surface area contributed by atoms with Crippen LogP contribution in [0.5, 0.6) is 5.75 Å². The van der Waals surface area contributed by atoms with Gasteiger partial charge in [0.05, 0.1) is 28.1 Å². The first kappa shape index (κ1) is 19.4. The highest BCUT2D eigenvalue weighted by molar-refractivity contribution is 7.91. The number of benzene rings is 3. The third-order valence-electron chi connectivity index (χ3n) is 4.48. The molecule has 1 heterocycles. The highest BCUT2D eigenvalue weighted by Gasteiger charge is 2.25. The molecule has 0 aliphatic carbocycles. The highest BCUT2D eigenvalue weighted by atomic mass is 35.5. The first-order valence-electron chi connectivity index (χ1n) is 8.64. The van der Waals surface area contributed by atoms with Crippen LogP contribution in [0, 0.1) is 5.82 Å². The maximum atomic E-state index is 13.8. The lowest BCUT2D eigenvalue weighted by molar-refractivity contribution is 0.413. The smallest absolute Gasteiger partial charge is 0.208 e. The van der Waals surface area contributed by atoms with Crippen LogP contribution in [-0.4, -0.2) is 20.5 Å². The molecule has 0 N–H and O–H groups in total. The summed E-state index contributed by atoms with van der Waals surface area (Å²) in [5.41, 5.74) is 1.27. The minimum Gasteiger partial charge on any atom is -0.497 e. The third-order valence-corrected chi connectivity index (χ3v) is 6.48. The molecule has 29 heavy (non-hydrogen) atoms. The van der Waals surface area contributed by atoms with Crippen molar-refractivity contribution in [2.75, 3.05) is 7.11 Å². The third kappa shape index (κ3) is 3.69. The first-order valence-corrected chi connectivity index (χ1v) is 10.5. The predicted molar refractivity (Wildman–Crippen MR) is 111 cm³/mol. The summed E-state index contributed by atoms with van der Waals surface area (Å²) in [6.07, 6.45) is 0. The van der Waals surface area contributed by atoms with E-state index in [2.05, 4.69) is 4.98 Å². The molecule has 0 aliphatic rings. The number of halogens is 2. The van der Waals surface area contributed by atoms with Gasteiger partial charge in [-0.25, -0.2) is 17.8 Å². The van der Waals surface area contributed by atoms with E-state index in [4.69, 9.17) is 16.3 Å². The van der Waals surface area contributed by atoms with E-state index < -0.39 is 15.7 Å². The Kier molecular flexibility index (Phi) is 4.98. The number of methoxy groups -OCH3 is 1. The topological polar surface area (TPSA) is 56.3 Å². The van der Waals surface area contributed by atoms with Crippen molar-refractivity contribution in [3.8, 4) is 17.0 Å². The summed E-state index contributed by atoms with van der Waals surface area (Å²) in [4.78, 5) is 4.54. The van der Waals surface area contributed by atoms with Crippen molar-refractivity contribution in [1.29, 1.82) is 0 Å². The summed E-state index contributed by atoms with van der Waals surface area (Å²) < 4.78 is 45.9. The largest absolute Gasteiger partial charge is 0.497 e. The van der Waals surface area contributed by atoms with E-state index in [0.717, 1.165) is 0 Å². The van der Waals surface area contributed by atoms with Gasteiger partial charge in [-0.05, 0) is 54.6 Å². The molecule has 0 saturated carbocycles. The fourth-order valence-electron chi connectivity index (χ4n) is 3.07. The van der Waals surface area contributed by atoms with Gasteiger partial charge in [-0.15, -0.1) is 0 Å². The molecule has 0 fully saturated rings. The normalized spacial score (nSPS) is 11.6. The zero-order chi connectivity index (χ0) is 20.6. The van der Waals surface area contributed by atoms with E-state index in [1.807, 2.05) is 0 Å². The monoisotopic (exact) mass is 427 g/mol. The predicted octanol–water partition coefficient (Wildman–Crippen LogP) is 5.54. The number of hydrogen-bond donors (Lipinski definition) is 0. The Labute approximate surface area is 172 Å². The quantitative estimate of drug-likeness (QED) is 0.429. The van der Waals surface area contributed by atoms with Gasteiger partial charge in [0.15, 0.2) is 0 Å². The molecule has 0 aliphatic heterocycles. The van der Waals surface area contributed by atoms with E-state index in [1.165, 1.54) is 43.5 Å². The Morgan fingerprint density at radius 1 is 0.966 bits per heavy atom. The van der Waals surface area contributed by atoms with Gasteiger partial charge in [0.25, 0.3) is 0 Å². The van der Waals surface area contributed by atoms with Crippen LogP contribution in [0.2, 0.25) is 5.02 Å². The van der Waals surface area contributed by atoms with Crippen LogP contribution in [0.4, 0.5) is 4.39 Å². The molecule has 4 nitrogen and oxygen atoms in total. The fourth-order valence-corrected chi connectivity index (χ4v) is 4.74. The fraction of sp³-hybridized carbons (Fsp3) is 0.0455. The van der Waals surface area contributed by atoms with Gasteiger partial charge in [-0.2, -0.15) is 0 Å². The van der Waals surface area contributed by atoms with Crippen LogP contribution in [0.25, 0.3) is 22.2 Å². The van der Waals surface area contributed by atoms with E-state index in [-0.39, 0.29) is 15.5 Å². The number of hydrogen-bond acceptors (Lipinski definition) is 4. The van der Waals surface area contributed by atoms with Gasteiger partial charge in [0.1, 0.15) is 11.6 Å². The molecule has 146 valence electrons. The minimum absolute atomic E-state index is 0.0360. The van der Waals surface area contributed by atoms with Crippen molar-refractivity contribution in [3.05, 3.63) is 83.6 Å². The van der Waals surface area contributed by atoms with Gasteiger partial charge in [0.2, 0.25) is 9.84 Å². The Bertz CT molecular complexity index is 1340. The second-order valence-electron chi connectivity index (χ2n) is 6.36. The second-order valence-corrected chi connectivity index (χ2v) is 8.72. The second kappa shape index (κ2) is 7.46. The average molecular weight is 428 g/mol. The molecule has 0 atom stereocenters. The van der Waals surface area contributed by atoms with Crippen molar-refractivity contribution >= 4 is 32.3 Å². The summed E-state index contributed by atoms with van der Waals surface area (Å²) in [5, 5.41) is 0.838. The number of aromatic nitrogens is 1. The molecule has 0 spiro atoms. The Morgan fingerprint density at radius 3 is 2.52 bits per heavy atom. The lowest BCUT2D eigenvalue weighted by Crippen LogP contribution is -2.06. The lowest BCUT2D eigenvalue weighted by Gasteiger charge is -2.13. The van der Waals surface area contributed by atoms with Crippen molar-refractivity contribution in [2.24, 2.45) is 0 Å². The zero-order valence-corrected chi connectivity index (χ0v) is 16.8. The standard InChI is InChI=1S/C22H15ClFNO3S/c1-28-18-6-3-7-19(13-18)29(26,27)21-12-15-11-17(24)8-9-20(15)25-22(21)14-4-2-5-16(23)10-14/h2-13H,1H3. The summed E-state index contributed by atoms with van der Waals surface area (Å²) in [5.74, 6) is -0.0605. The van der Waals surface area contributed by atoms with Crippen molar-refractivity contribution in [3.63, 3.8) is 0 Å². The molecule has 4 aromatic rings. The molecular formula is C22H15ClFNO3S. The molecule has 0 saturated heterocycles. The molecule has 1 aromatic heterocycles. The summed E-state index contributed by atoms with van der Waals surface area (Å²) in [6, 6.07) is 18.5. The molecule has 7 heteroatoms. The molecular weight excluding hydrogens is 413 g/mol. The number of fused-ring (bicyclic) bond motifs is 1. The van der Waals surface area contributed by atoms with Gasteiger partial charge in [0, 0.05) is 16.0 Å².